The van der Waals surface area contributed by atoms with Gasteiger partial charge in [0.25, 0.3) is 0 Å². The van der Waals surface area contributed by atoms with Gasteiger partial charge in [0.15, 0.2) is 0 Å². The summed E-state index contributed by atoms with van der Waals surface area (Å²) in [5.41, 5.74) is 5.83. The molecule has 2 aromatic carbocycles. The minimum absolute atomic E-state index is 0.755. The van der Waals surface area contributed by atoms with Crippen molar-refractivity contribution in [2.45, 2.75) is 64.7 Å². The molecule has 0 N–H and O–H groups in total. The molecule has 0 saturated heterocycles. The van der Waals surface area contributed by atoms with E-state index in [4.69, 9.17) is 0 Å². The zero-order chi connectivity index (χ0) is 16.1. The lowest BCUT2D eigenvalue weighted by atomic mass is 9.75. The van der Waals surface area contributed by atoms with Crippen molar-refractivity contribution < 1.29 is 0 Å². The van der Waals surface area contributed by atoms with Crippen molar-refractivity contribution in [1.29, 1.82) is 0 Å². The van der Waals surface area contributed by atoms with Crippen LogP contribution in [0.5, 0.6) is 0 Å². The standard InChI is InChI=1S/C23H30/c1-3-7-19-12-16-21(17-13-19)23-9-6-5-8-22(23)20-14-10-18(4-2)11-15-20/h5-6,8-11,14-15,19,21H,3-4,7,12-13,16-17H2,1-2H3. The van der Waals surface area contributed by atoms with Crippen molar-refractivity contribution in [2.24, 2.45) is 5.92 Å². The van der Waals surface area contributed by atoms with Gasteiger partial charge in [-0.25, -0.2) is 0 Å². The molecule has 0 spiro atoms. The van der Waals surface area contributed by atoms with Crippen molar-refractivity contribution in [3.05, 3.63) is 59.7 Å². The molecule has 0 heteroatoms. The second kappa shape index (κ2) is 7.81. The summed E-state index contributed by atoms with van der Waals surface area (Å²) in [6.45, 7) is 4.54. The van der Waals surface area contributed by atoms with Gasteiger partial charge in [0.2, 0.25) is 0 Å². The van der Waals surface area contributed by atoms with E-state index in [1.165, 1.54) is 55.2 Å². The number of rotatable bonds is 5. The number of hydrogen-bond donors (Lipinski definition) is 0. The van der Waals surface area contributed by atoms with Crippen molar-refractivity contribution in [3.8, 4) is 11.1 Å². The topological polar surface area (TPSA) is 0 Å². The SMILES string of the molecule is CCCC1CCC(c2ccccc2-c2ccc(CC)cc2)CC1. The van der Waals surface area contributed by atoms with E-state index in [0.29, 0.717) is 0 Å². The van der Waals surface area contributed by atoms with Crippen molar-refractivity contribution in [3.63, 3.8) is 0 Å². The molecule has 1 fully saturated rings. The van der Waals surface area contributed by atoms with Crippen molar-refractivity contribution in [1.82, 2.24) is 0 Å². The van der Waals surface area contributed by atoms with Gasteiger partial charge in [-0.1, -0.05) is 75.2 Å². The fraction of sp³-hybridized carbons (Fsp3) is 0.478. The largest absolute Gasteiger partial charge is 0.0654 e. The van der Waals surface area contributed by atoms with Crippen LogP contribution in [0.25, 0.3) is 11.1 Å². The molecule has 0 aromatic heterocycles. The molecular formula is C23H30. The molecule has 0 atom stereocenters. The van der Waals surface area contributed by atoms with E-state index in [1.54, 1.807) is 5.56 Å². The third kappa shape index (κ3) is 3.86. The van der Waals surface area contributed by atoms with Crippen LogP contribution in [0.1, 0.15) is 69.4 Å². The summed E-state index contributed by atoms with van der Waals surface area (Å²) in [5.74, 6) is 1.73. The molecule has 23 heavy (non-hydrogen) atoms. The van der Waals surface area contributed by atoms with Crippen LogP contribution in [0.15, 0.2) is 48.5 Å². The van der Waals surface area contributed by atoms with Gasteiger partial charge in [0.1, 0.15) is 0 Å². The van der Waals surface area contributed by atoms with Gasteiger partial charge < -0.3 is 0 Å². The van der Waals surface area contributed by atoms with Gasteiger partial charge in [-0.05, 0) is 66.2 Å². The molecule has 0 unspecified atom stereocenters. The predicted molar refractivity (Wildman–Crippen MR) is 101 cm³/mol. The first kappa shape index (κ1) is 16.3. The van der Waals surface area contributed by atoms with Crippen LogP contribution in [-0.4, -0.2) is 0 Å². The normalized spacial score (nSPS) is 21.3. The zero-order valence-corrected chi connectivity index (χ0v) is 14.7. The molecule has 1 aliphatic carbocycles. The summed E-state index contributed by atoms with van der Waals surface area (Å²) in [6, 6.07) is 18.3. The lowest BCUT2D eigenvalue weighted by molar-refractivity contribution is 0.308. The average Bonchev–Trinajstić information content (AvgIpc) is 2.63. The molecule has 3 rings (SSSR count). The minimum atomic E-state index is 0.755. The molecule has 0 nitrogen and oxygen atoms in total. The molecule has 1 aliphatic rings. The lowest BCUT2D eigenvalue weighted by Crippen LogP contribution is -2.13. The second-order valence-corrected chi connectivity index (χ2v) is 7.14. The highest BCUT2D eigenvalue weighted by atomic mass is 14.3. The smallest absolute Gasteiger partial charge is 0.0149 e. The van der Waals surface area contributed by atoms with E-state index in [1.807, 2.05) is 0 Å². The fourth-order valence-electron chi connectivity index (χ4n) is 4.21. The second-order valence-electron chi connectivity index (χ2n) is 7.14. The van der Waals surface area contributed by atoms with Crippen LogP contribution in [-0.2, 0) is 6.42 Å². The molecule has 122 valence electrons. The van der Waals surface area contributed by atoms with Gasteiger partial charge >= 0.3 is 0 Å². The van der Waals surface area contributed by atoms with E-state index < -0.39 is 0 Å². The molecule has 0 heterocycles. The molecule has 1 saturated carbocycles. The molecular weight excluding hydrogens is 276 g/mol. The monoisotopic (exact) mass is 306 g/mol. The Morgan fingerprint density at radius 2 is 1.52 bits per heavy atom. The third-order valence-electron chi connectivity index (χ3n) is 5.62. The summed E-state index contributed by atoms with van der Waals surface area (Å²) in [4.78, 5) is 0. The van der Waals surface area contributed by atoms with Crippen LogP contribution in [0.2, 0.25) is 0 Å². The highest BCUT2D eigenvalue weighted by Crippen LogP contribution is 2.41. The predicted octanol–water partition coefficient (Wildman–Crippen LogP) is 6.99. The van der Waals surface area contributed by atoms with E-state index >= 15 is 0 Å². The summed E-state index contributed by atoms with van der Waals surface area (Å²) in [7, 11) is 0. The van der Waals surface area contributed by atoms with Gasteiger partial charge in [-0.2, -0.15) is 0 Å². The van der Waals surface area contributed by atoms with Gasteiger partial charge in [-0.3, -0.25) is 0 Å². The Bertz CT molecular complexity index is 600. The molecule has 0 amide bonds. The Kier molecular flexibility index (Phi) is 5.54. The first-order valence-electron chi connectivity index (χ1n) is 9.50. The van der Waals surface area contributed by atoms with Crippen molar-refractivity contribution >= 4 is 0 Å². The van der Waals surface area contributed by atoms with Gasteiger partial charge in [-0.15, -0.1) is 0 Å². The van der Waals surface area contributed by atoms with E-state index in [2.05, 4.69) is 62.4 Å². The van der Waals surface area contributed by atoms with Crippen LogP contribution in [0.4, 0.5) is 0 Å². The van der Waals surface area contributed by atoms with Crippen LogP contribution >= 0.6 is 0 Å². The highest BCUT2D eigenvalue weighted by Gasteiger charge is 2.23. The van der Waals surface area contributed by atoms with E-state index in [-0.39, 0.29) is 0 Å². The Labute approximate surface area is 141 Å². The van der Waals surface area contributed by atoms with E-state index in [9.17, 15) is 0 Å². The fourth-order valence-corrected chi connectivity index (χ4v) is 4.21. The third-order valence-corrected chi connectivity index (χ3v) is 5.62. The molecule has 0 bridgehead atoms. The first-order chi connectivity index (χ1) is 11.3. The van der Waals surface area contributed by atoms with Crippen LogP contribution < -0.4 is 0 Å². The maximum absolute atomic E-state index is 2.37. The maximum Gasteiger partial charge on any atom is -0.0149 e. The first-order valence-corrected chi connectivity index (χ1v) is 9.50. The average molecular weight is 306 g/mol. The van der Waals surface area contributed by atoms with Crippen LogP contribution in [0.3, 0.4) is 0 Å². The quantitative estimate of drug-likeness (QED) is 0.558. The zero-order valence-electron chi connectivity index (χ0n) is 14.7. The summed E-state index contributed by atoms with van der Waals surface area (Å²) < 4.78 is 0. The van der Waals surface area contributed by atoms with E-state index in [0.717, 1.165) is 18.3 Å². The number of aryl methyl sites for hydroxylation is 1. The summed E-state index contributed by atoms with van der Waals surface area (Å²) in [6.07, 6.45) is 9.46. The summed E-state index contributed by atoms with van der Waals surface area (Å²) in [5, 5.41) is 0. The Balaban J connectivity index is 1.81. The molecule has 2 aromatic rings. The minimum Gasteiger partial charge on any atom is -0.0654 e. The molecule has 0 radical (unpaired) electrons. The Hall–Kier alpha value is -1.56. The Morgan fingerprint density at radius 3 is 2.17 bits per heavy atom. The number of hydrogen-bond acceptors (Lipinski definition) is 0. The summed E-state index contributed by atoms with van der Waals surface area (Å²) >= 11 is 0. The maximum atomic E-state index is 2.37. The van der Waals surface area contributed by atoms with Crippen molar-refractivity contribution in [2.75, 3.05) is 0 Å². The molecule has 0 aliphatic heterocycles. The van der Waals surface area contributed by atoms with Gasteiger partial charge in [0, 0.05) is 0 Å². The highest BCUT2D eigenvalue weighted by molar-refractivity contribution is 5.68. The van der Waals surface area contributed by atoms with Crippen LogP contribution in [0, 0.1) is 5.92 Å². The lowest BCUT2D eigenvalue weighted by Gasteiger charge is -2.30. The van der Waals surface area contributed by atoms with Gasteiger partial charge in [0.05, 0.1) is 0 Å². The number of benzene rings is 2. The Morgan fingerprint density at radius 1 is 0.826 bits per heavy atom.